The molecule has 0 fully saturated rings. The fourth-order valence-electron chi connectivity index (χ4n) is 0.634. The molecule has 5 nitrogen and oxygen atoms in total. The fourth-order valence-corrected chi connectivity index (χ4v) is 0.634. The van der Waals surface area contributed by atoms with Crippen molar-refractivity contribution in [1.82, 2.24) is 5.01 Å². The number of amides is 1. The van der Waals surface area contributed by atoms with Gasteiger partial charge in [-0.15, -0.1) is 0 Å². The minimum absolute atomic E-state index is 0.220. The number of ether oxygens (including phenoxy) is 1. The molecule has 1 amide bonds. The lowest BCUT2D eigenvalue weighted by Gasteiger charge is -2.34. The van der Waals surface area contributed by atoms with Crippen LogP contribution in [0.5, 0.6) is 0 Å². The van der Waals surface area contributed by atoms with Gasteiger partial charge in [-0.1, -0.05) is 0 Å². The van der Waals surface area contributed by atoms with Crippen LogP contribution < -0.4 is 5.84 Å². The van der Waals surface area contributed by atoms with Crippen molar-refractivity contribution in [2.75, 3.05) is 6.61 Å². The number of carbonyl (C=O) groups excluding carboxylic acids is 1. The summed E-state index contributed by atoms with van der Waals surface area (Å²) in [6.07, 6.45) is -0.642. The molecule has 0 bridgehead atoms. The summed E-state index contributed by atoms with van der Waals surface area (Å²) in [5.74, 6) is 5.51. The highest BCUT2D eigenvalue weighted by Crippen LogP contribution is 2.14. The first-order chi connectivity index (χ1) is 6.10. The van der Waals surface area contributed by atoms with Crippen LogP contribution in [0.1, 0.15) is 34.6 Å². The average Bonchev–Trinajstić information content (AvgIpc) is 2.00. The summed E-state index contributed by atoms with van der Waals surface area (Å²) in [5, 5.41) is 9.88. The van der Waals surface area contributed by atoms with Gasteiger partial charge in [0.2, 0.25) is 0 Å². The maximum Gasteiger partial charge on any atom is 0.425 e. The third-order valence-electron chi connectivity index (χ3n) is 1.63. The van der Waals surface area contributed by atoms with Crippen molar-refractivity contribution in [1.29, 1.82) is 0 Å². The molecule has 0 saturated carbocycles. The number of carbonyl (C=O) groups is 1. The number of hydrazine groups is 1. The van der Waals surface area contributed by atoms with E-state index in [2.05, 4.69) is 0 Å². The highest BCUT2D eigenvalue weighted by molar-refractivity contribution is 5.68. The Morgan fingerprint density at radius 3 is 2.07 bits per heavy atom. The number of nitrogens with zero attached hydrogens (tertiary/aromatic N) is 1. The minimum Gasteiger partial charge on any atom is -0.443 e. The number of aliphatic hydroxyl groups excluding tert-OH is 1. The maximum absolute atomic E-state index is 11.4. The smallest absolute Gasteiger partial charge is 0.425 e. The predicted molar refractivity (Wildman–Crippen MR) is 53.4 cm³/mol. The Labute approximate surface area is 84.8 Å². The summed E-state index contributed by atoms with van der Waals surface area (Å²) in [6, 6.07) is 0. The van der Waals surface area contributed by atoms with Crippen molar-refractivity contribution in [3.63, 3.8) is 0 Å². The van der Waals surface area contributed by atoms with Gasteiger partial charge in [-0.05, 0) is 34.6 Å². The second kappa shape index (κ2) is 4.14. The molecule has 0 aromatic rings. The lowest BCUT2D eigenvalue weighted by molar-refractivity contribution is -0.00950. The standard InChI is InChI=1S/C9H20N2O3/c1-8(2,3)14-7(13)11(10)9(4,5)6-12/h12H,6,10H2,1-5H3. The van der Waals surface area contributed by atoms with E-state index in [4.69, 9.17) is 15.7 Å². The van der Waals surface area contributed by atoms with Crippen molar-refractivity contribution >= 4 is 6.09 Å². The van der Waals surface area contributed by atoms with Crippen LogP contribution in [0, 0.1) is 0 Å². The Morgan fingerprint density at radius 1 is 1.36 bits per heavy atom. The number of hydrogen-bond donors (Lipinski definition) is 2. The first-order valence-electron chi connectivity index (χ1n) is 4.49. The summed E-state index contributed by atoms with van der Waals surface area (Å²) in [6.45, 7) is 8.34. The molecule has 0 spiro atoms. The van der Waals surface area contributed by atoms with Gasteiger partial charge in [-0.3, -0.25) is 0 Å². The van der Waals surface area contributed by atoms with Gasteiger partial charge < -0.3 is 9.84 Å². The van der Waals surface area contributed by atoms with Crippen molar-refractivity contribution in [2.24, 2.45) is 5.84 Å². The van der Waals surface area contributed by atoms with Gasteiger partial charge in [-0.2, -0.15) is 0 Å². The third kappa shape index (κ3) is 3.93. The molecule has 0 saturated heterocycles. The number of nitrogens with two attached hydrogens (primary N) is 1. The molecule has 0 aromatic carbocycles. The predicted octanol–water partition coefficient (Wildman–Crippen LogP) is 0.868. The van der Waals surface area contributed by atoms with Gasteiger partial charge in [0.05, 0.1) is 12.1 Å². The maximum atomic E-state index is 11.4. The minimum atomic E-state index is -0.817. The van der Waals surface area contributed by atoms with E-state index in [1.807, 2.05) is 0 Å². The zero-order valence-electron chi connectivity index (χ0n) is 9.50. The fraction of sp³-hybridized carbons (Fsp3) is 0.889. The van der Waals surface area contributed by atoms with E-state index in [0.29, 0.717) is 0 Å². The lowest BCUT2D eigenvalue weighted by atomic mass is 10.1. The zero-order chi connectivity index (χ0) is 11.6. The van der Waals surface area contributed by atoms with Gasteiger partial charge in [0.25, 0.3) is 0 Å². The summed E-state index contributed by atoms with van der Waals surface area (Å²) in [7, 11) is 0. The summed E-state index contributed by atoms with van der Waals surface area (Å²) in [4.78, 5) is 11.4. The molecule has 0 unspecified atom stereocenters. The molecule has 0 radical (unpaired) electrons. The van der Waals surface area contributed by atoms with Crippen LogP contribution in [0.3, 0.4) is 0 Å². The first-order valence-corrected chi connectivity index (χ1v) is 4.49. The quantitative estimate of drug-likeness (QED) is 0.397. The Kier molecular flexibility index (Phi) is 3.91. The molecule has 84 valence electrons. The first kappa shape index (κ1) is 13.2. The Balaban J connectivity index is 4.41. The van der Waals surface area contributed by atoms with E-state index in [1.165, 1.54) is 0 Å². The largest absolute Gasteiger partial charge is 0.443 e. The Hall–Kier alpha value is -0.810. The van der Waals surface area contributed by atoms with E-state index in [1.54, 1.807) is 34.6 Å². The monoisotopic (exact) mass is 204 g/mol. The number of aliphatic hydroxyl groups is 1. The molecule has 3 N–H and O–H groups in total. The van der Waals surface area contributed by atoms with Crippen LogP contribution in [-0.4, -0.2) is 34.0 Å². The number of rotatable bonds is 2. The summed E-state index contributed by atoms with van der Waals surface area (Å²) < 4.78 is 5.04. The van der Waals surface area contributed by atoms with E-state index < -0.39 is 17.2 Å². The van der Waals surface area contributed by atoms with Crippen molar-refractivity contribution < 1.29 is 14.6 Å². The average molecular weight is 204 g/mol. The summed E-state index contributed by atoms with van der Waals surface area (Å²) in [5.41, 5.74) is -1.40. The van der Waals surface area contributed by atoms with E-state index in [9.17, 15) is 4.79 Å². The SMILES string of the molecule is CC(C)(C)OC(=O)N(N)C(C)(C)CO. The van der Waals surface area contributed by atoms with E-state index >= 15 is 0 Å². The van der Waals surface area contributed by atoms with Crippen LogP contribution in [0.4, 0.5) is 4.79 Å². The molecule has 5 heteroatoms. The van der Waals surface area contributed by atoms with Gasteiger partial charge >= 0.3 is 6.09 Å². The van der Waals surface area contributed by atoms with Crippen LogP contribution in [0.2, 0.25) is 0 Å². The van der Waals surface area contributed by atoms with E-state index in [0.717, 1.165) is 5.01 Å². The molecule has 0 aromatic heterocycles. The van der Waals surface area contributed by atoms with E-state index in [-0.39, 0.29) is 6.61 Å². The third-order valence-corrected chi connectivity index (χ3v) is 1.63. The molecular formula is C9H20N2O3. The summed E-state index contributed by atoms with van der Waals surface area (Å²) >= 11 is 0. The highest BCUT2D eigenvalue weighted by Gasteiger charge is 2.31. The normalized spacial score (nSPS) is 12.5. The molecule has 14 heavy (non-hydrogen) atoms. The molecular weight excluding hydrogens is 184 g/mol. The van der Waals surface area contributed by atoms with Crippen LogP contribution in [0.25, 0.3) is 0 Å². The molecule has 0 heterocycles. The lowest BCUT2D eigenvalue weighted by Crippen LogP contribution is -2.55. The molecule has 0 aliphatic heterocycles. The van der Waals surface area contributed by atoms with Crippen molar-refractivity contribution in [3.8, 4) is 0 Å². The molecule has 0 aliphatic rings. The molecule has 0 rings (SSSR count). The van der Waals surface area contributed by atoms with Crippen LogP contribution in [-0.2, 0) is 4.74 Å². The van der Waals surface area contributed by atoms with Crippen LogP contribution >= 0.6 is 0 Å². The second-order valence-electron chi connectivity index (χ2n) is 4.82. The zero-order valence-corrected chi connectivity index (χ0v) is 9.50. The highest BCUT2D eigenvalue weighted by atomic mass is 16.6. The van der Waals surface area contributed by atoms with Crippen molar-refractivity contribution in [2.45, 2.75) is 45.8 Å². The Morgan fingerprint density at radius 2 is 1.79 bits per heavy atom. The van der Waals surface area contributed by atoms with Crippen molar-refractivity contribution in [3.05, 3.63) is 0 Å². The molecule has 0 aliphatic carbocycles. The van der Waals surface area contributed by atoms with Gasteiger partial charge in [-0.25, -0.2) is 15.6 Å². The number of hydrogen-bond acceptors (Lipinski definition) is 4. The molecule has 0 atom stereocenters. The Bertz CT molecular complexity index is 209. The van der Waals surface area contributed by atoms with Gasteiger partial charge in [0.1, 0.15) is 5.60 Å². The van der Waals surface area contributed by atoms with Gasteiger partial charge in [0, 0.05) is 0 Å². The topological polar surface area (TPSA) is 75.8 Å². The van der Waals surface area contributed by atoms with Crippen LogP contribution in [0.15, 0.2) is 0 Å². The van der Waals surface area contributed by atoms with Gasteiger partial charge in [0.15, 0.2) is 0 Å². The second-order valence-corrected chi connectivity index (χ2v) is 4.82.